The zero-order valence-corrected chi connectivity index (χ0v) is 24.3. The number of amides is 2. The smallest absolute Gasteiger partial charge is 0.336 e. The van der Waals surface area contributed by atoms with Gasteiger partial charge in [-0.25, -0.2) is 9.59 Å². The number of nitrogens with two attached hydrogens (primary N) is 2. The van der Waals surface area contributed by atoms with Crippen LogP contribution in [0.25, 0.3) is 43.1 Å². The highest BCUT2D eigenvalue weighted by Crippen LogP contribution is 2.45. The van der Waals surface area contributed by atoms with Crippen LogP contribution in [0.2, 0.25) is 0 Å². The summed E-state index contributed by atoms with van der Waals surface area (Å²) in [5.74, 6) is -3.85. The summed E-state index contributed by atoms with van der Waals surface area (Å²) >= 11 is 0. The summed E-state index contributed by atoms with van der Waals surface area (Å²) in [7, 11) is 0. The minimum atomic E-state index is -1.23. The number of aromatic carboxylic acids is 2. The standard InChI is InChI=1S/C35H36N2O6/c1-2-3-4-5-6-7-8-9-10-11-19-18-26(33(37)39)29-23(32(36)38)15-12-21-20-13-16-24(34(40)41)30-25(35(42)43)17-14-22(28(20)30)27(19)31(21)29/h12-18H,2-11H2,1H3,(H2,36,38)(H2,37,39)(H,40,41)(H,42,43). The van der Waals surface area contributed by atoms with E-state index >= 15 is 0 Å². The zero-order valence-electron chi connectivity index (χ0n) is 24.3. The van der Waals surface area contributed by atoms with Crippen LogP contribution in [-0.4, -0.2) is 34.0 Å². The lowest BCUT2D eigenvalue weighted by molar-refractivity contribution is 0.0695. The molecule has 0 aliphatic rings. The number of hydrogen-bond acceptors (Lipinski definition) is 4. The van der Waals surface area contributed by atoms with E-state index in [9.17, 15) is 29.4 Å². The van der Waals surface area contributed by atoms with E-state index in [4.69, 9.17) is 11.5 Å². The molecule has 222 valence electrons. The number of carboxylic acids is 2. The Morgan fingerprint density at radius 3 is 1.53 bits per heavy atom. The van der Waals surface area contributed by atoms with Crippen molar-refractivity contribution in [3.05, 3.63) is 70.3 Å². The number of carbonyl (C=O) groups is 4. The van der Waals surface area contributed by atoms with E-state index in [1.54, 1.807) is 30.3 Å². The Hall–Kier alpha value is -4.72. The largest absolute Gasteiger partial charge is 0.478 e. The molecule has 0 aliphatic carbocycles. The third kappa shape index (κ3) is 5.33. The van der Waals surface area contributed by atoms with Crippen molar-refractivity contribution in [2.45, 2.75) is 71.1 Å². The van der Waals surface area contributed by atoms with Crippen LogP contribution in [0, 0.1) is 0 Å². The van der Waals surface area contributed by atoms with Crippen molar-refractivity contribution < 1.29 is 29.4 Å². The molecule has 5 aromatic carbocycles. The van der Waals surface area contributed by atoms with Crippen LogP contribution in [0.15, 0.2) is 42.5 Å². The number of fused-ring (bicyclic) bond motifs is 2. The lowest BCUT2D eigenvalue weighted by atomic mass is 9.81. The minimum absolute atomic E-state index is 0.110. The number of carbonyl (C=O) groups excluding carboxylic acids is 2. The van der Waals surface area contributed by atoms with Crippen molar-refractivity contribution in [1.29, 1.82) is 0 Å². The van der Waals surface area contributed by atoms with Gasteiger partial charge in [0.05, 0.1) is 11.1 Å². The predicted octanol–water partition coefficient (Wildman–Crippen LogP) is 7.40. The fourth-order valence-electron chi connectivity index (χ4n) is 6.66. The second-order valence-electron chi connectivity index (χ2n) is 11.4. The molecule has 0 atom stereocenters. The normalized spacial score (nSPS) is 11.7. The van der Waals surface area contributed by atoms with Gasteiger partial charge < -0.3 is 21.7 Å². The molecule has 0 unspecified atom stereocenters. The number of benzene rings is 5. The van der Waals surface area contributed by atoms with E-state index in [0.717, 1.165) is 36.6 Å². The molecular weight excluding hydrogens is 544 g/mol. The Kier molecular flexibility index (Phi) is 8.48. The fraction of sp³-hybridized carbons (Fsp3) is 0.314. The van der Waals surface area contributed by atoms with Gasteiger partial charge in [-0.2, -0.15) is 0 Å². The molecule has 0 saturated carbocycles. The van der Waals surface area contributed by atoms with E-state index < -0.39 is 23.8 Å². The molecule has 0 saturated heterocycles. The van der Waals surface area contributed by atoms with Gasteiger partial charge in [-0.3, -0.25) is 9.59 Å². The van der Waals surface area contributed by atoms with Crippen molar-refractivity contribution in [2.75, 3.05) is 0 Å². The first-order valence-corrected chi connectivity index (χ1v) is 15.0. The average molecular weight is 581 g/mol. The lowest BCUT2D eigenvalue weighted by Gasteiger charge is -2.21. The number of rotatable bonds is 14. The molecular formula is C35H36N2O6. The Labute approximate surface area is 249 Å². The van der Waals surface area contributed by atoms with Gasteiger partial charge in [0.15, 0.2) is 0 Å². The summed E-state index contributed by atoms with van der Waals surface area (Å²) in [6, 6.07) is 11.2. The monoisotopic (exact) mass is 580 g/mol. The molecule has 2 amide bonds. The molecule has 0 aliphatic heterocycles. The topological polar surface area (TPSA) is 161 Å². The second kappa shape index (κ2) is 12.3. The number of unbranched alkanes of at least 4 members (excludes halogenated alkanes) is 8. The van der Waals surface area contributed by atoms with Gasteiger partial charge in [0.2, 0.25) is 11.8 Å². The van der Waals surface area contributed by atoms with Crippen molar-refractivity contribution in [2.24, 2.45) is 11.5 Å². The summed E-state index contributed by atoms with van der Waals surface area (Å²) in [5, 5.41) is 24.3. The first-order valence-electron chi connectivity index (χ1n) is 15.0. The summed E-state index contributed by atoms with van der Waals surface area (Å²) < 4.78 is 0. The molecule has 6 N–H and O–H groups in total. The fourth-order valence-corrected chi connectivity index (χ4v) is 6.66. The van der Waals surface area contributed by atoms with E-state index in [-0.39, 0.29) is 27.6 Å². The Bertz CT molecular complexity index is 1890. The number of aryl methyl sites for hydroxylation is 1. The Morgan fingerprint density at radius 2 is 1.00 bits per heavy atom. The number of carboxylic acid groups (broad SMARTS) is 2. The lowest BCUT2D eigenvalue weighted by Crippen LogP contribution is -2.17. The highest BCUT2D eigenvalue weighted by molar-refractivity contribution is 6.38. The zero-order chi connectivity index (χ0) is 30.8. The maximum atomic E-state index is 12.8. The van der Waals surface area contributed by atoms with Crippen LogP contribution in [0.4, 0.5) is 0 Å². The predicted molar refractivity (Wildman–Crippen MR) is 170 cm³/mol. The van der Waals surface area contributed by atoms with Crippen LogP contribution < -0.4 is 11.5 Å². The quantitative estimate of drug-likeness (QED) is 0.0608. The average Bonchev–Trinajstić information content (AvgIpc) is 2.97. The van der Waals surface area contributed by atoms with Crippen molar-refractivity contribution >= 4 is 66.8 Å². The van der Waals surface area contributed by atoms with Crippen molar-refractivity contribution in [3.63, 3.8) is 0 Å². The van der Waals surface area contributed by atoms with E-state index in [2.05, 4.69) is 6.92 Å². The van der Waals surface area contributed by atoms with Crippen LogP contribution in [0.3, 0.4) is 0 Å². The van der Waals surface area contributed by atoms with Crippen LogP contribution in [-0.2, 0) is 6.42 Å². The van der Waals surface area contributed by atoms with Crippen molar-refractivity contribution in [1.82, 2.24) is 0 Å². The second-order valence-corrected chi connectivity index (χ2v) is 11.4. The van der Waals surface area contributed by atoms with Gasteiger partial charge in [-0.1, -0.05) is 76.5 Å². The molecule has 0 heterocycles. The van der Waals surface area contributed by atoms with Gasteiger partial charge in [0.1, 0.15) is 0 Å². The van der Waals surface area contributed by atoms with Gasteiger partial charge in [0, 0.05) is 21.9 Å². The van der Waals surface area contributed by atoms with Crippen LogP contribution >= 0.6 is 0 Å². The highest BCUT2D eigenvalue weighted by Gasteiger charge is 2.26. The molecule has 8 heteroatoms. The highest BCUT2D eigenvalue weighted by atomic mass is 16.4. The summed E-state index contributed by atoms with van der Waals surface area (Å²) in [5.41, 5.74) is 12.6. The van der Waals surface area contributed by atoms with E-state index in [1.165, 1.54) is 44.2 Å². The summed E-state index contributed by atoms with van der Waals surface area (Å²) in [6.45, 7) is 2.20. The van der Waals surface area contributed by atoms with Gasteiger partial charge >= 0.3 is 11.9 Å². The first-order chi connectivity index (χ1) is 20.7. The summed E-state index contributed by atoms with van der Waals surface area (Å²) in [4.78, 5) is 49.9. The molecule has 0 radical (unpaired) electrons. The number of hydrogen-bond donors (Lipinski definition) is 4. The SMILES string of the molecule is CCCCCCCCCCCc1cc(C(N)=O)c2c(C(N)=O)ccc3c4ccc(C(=O)O)c5c(C(=O)O)ccc(c1c23)c54. The van der Waals surface area contributed by atoms with E-state index in [0.29, 0.717) is 38.7 Å². The molecule has 0 fully saturated rings. The molecule has 0 bridgehead atoms. The Morgan fingerprint density at radius 1 is 0.535 bits per heavy atom. The minimum Gasteiger partial charge on any atom is -0.478 e. The molecule has 8 nitrogen and oxygen atoms in total. The van der Waals surface area contributed by atoms with Gasteiger partial charge in [-0.05, 0) is 75.0 Å². The molecule has 5 rings (SSSR count). The van der Waals surface area contributed by atoms with Crippen molar-refractivity contribution in [3.8, 4) is 0 Å². The molecule has 0 aromatic heterocycles. The van der Waals surface area contributed by atoms with Gasteiger partial charge in [0.25, 0.3) is 0 Å². The van der Waals surface area contributed by atoms with Gasteiger partial charge in [-0.15, -0.1) is 0 Å². The third-order valence-electron chi connectivity index (χ3n) is 8.63. The summed E-state index contributed by atoms with van der Waals surface area (Å²) in [6.07, 6.45) is 10.9. The van der Waals surface area contributed by atoms with E-state index in [1.807, 2.05) is 0 Å². The molecule has 5 aromatic rings. The third-order valence-corrected chi connectivity index (χ3v) is 8.63. The number of primary amides is 2. The molecule has 0 spiro atoms. The Balaban J connectivity index is 1.76. The van der Waals surface area contributed by atoms with Crippen LogP contribution in [0.5, 0.6) is 0 Å². The van der Waals surface area contributed by atoms with Crippen LogP contribution in [0.1, 0.15) is 112 Å². The molecule has 43 heavy (non-hydrogen) atoms. The maximum Gasteiger partial charge on any atom is 0.336 e. The first kappa shape index (κ1) is 29.8. The maximum absolute atomic E-state index is 12.8.